The van der Waals surface area contributed by atoms with Crippen molar-refractivity contribution in [1.82, 2.24) is 10.2 Å². The summed E-state index contributed by atoms with van der Waals surface area (Å²) in [5.41, 5.74) is 4.52. The third kappa shape index (κ3) is 6.44. The summed E-state index contributed by atoms with van der Waals surface area (Å²) in [6.07, 6.45) is 3.88. The van der Waals surface area contributed by atoms with Crippen LogP contribution in [-0.4, -0.2) is 27.0 Å². The van der Waals surface area contributed by atoms with Crippen LogP contribution < -0.4 is 4.74 Å². The van der Waals surface area contributed by atoms with Crippen LogP contribution in [0.3, 0.4) is 0 Å². The monoisotopic (exact) mass is 497 g/mol. The summed E-state index contributed by atoms with van der Waals surface area (Å²) in [6.45, 7) is 6.02. The topological polar surface area (TPSA) is 96.8 Å². The zero-order chi connectivity index (χ0) is 26.3. The summed E-state index contributed by atoms with van der Waals surface area (Å²) in [4.78, 5) is 17.4. The first kappa shape index (κ1) is 25.7. The van der Waals surface area contributed by atoms with Crippen molar-refractivity contribution in [3.63, 3.8) is 0 Å². The minimum absolute atomic E-state index is 0.285. The number of H-pyrrole nitrogens is 1. The van der Waals surface area contributed by atoms with Gasteiger partial charge in [-0.15, -0.1) is 0 Å². The Bertz CT molecular complexity index is 1340. The summed E-state index contributed by atoms with van der Waals surface area (Å²) < 4.78 is 6.52. The zero-order valence-electron chi connectivity index (χ0n) is 21.2. The molecule has 2 N–H and O–H groups in total. The van der Waals surface area contributed by atoms with E-state index in [0.717, 1.165) is 27.8 Å². The fraction of sp³-hybridized carbons (Fsp3) is 0.233. The first-order valence-corrected chi connectivity index (χ1v) is 12.1. The third-order valence-corrected chi connectivity index (χ3v) is 6.39. The Labute approximate surface area is 216 Å². The van der Waals surface area contributed by atoms with Gasteiger partial charge in [-0.3, -0.25) is 9.89 Å². The molecule has 0 saturated carbocycles. The highest BCUT2D eigenvalue weighted by Crippen LogP contribution is 2.35. The number of carboxylic acid groups (broad SMARTS) is 1. The molecule has 7 heteroatoms. The number of hydrogen-bond acceptors (Lipinski definition) is 5. The van der Waals surface area contributed by atoms with Gasteiger partial charge in [0.25, 0.3) is 0 Å². The standard InChI is InChI=1S/C30H31N3O4/c1-21-8-7-11-25(16-21)30(3,26-18-31-32-19-26)37-27-14-12-23(13-15-27)17-28(29(34)35)22(2)33-36-20-24-9-5-4-6-10-24/h4-16,18-19,28H,17,20H2,1-3H3,(H,31,32)(H,34,35). The Hall–Kier alpha value is -4.39. The molecule has 0 spiro atoms. The molecule has 37 heavy (non-hydrogen) atoms. The van der Waals surface area contributed by atoms with E-state index >= 15 is 0 Å². The molecule has 4 aromatic rings. The molecule has 7 nitrogen and oxygen atoms in total. The Morgan fingerprint density at radius 1 is 1.03 bits per heavy atom. The number of aromatic amines is 1. The molecule has 0 amide bonds. The van der Waals surface area contributed by atoms with Gasteiger partial charge in [0.1, 0.15) is 18.3 Å². The van der Waals surface area contributed by atoms with Gasteiger partial charge in [0, 0.05) is 17.3 Å². The van der Waals surface area contributed by atoms with Gasteiger partial charge < -0.3 is 14.7 Å². The van der Waals surface area contributed by atoms with Gasteiger partial charge in [-0.25, -0.2) is 0 Å². The average molecular weight is 498 g/mol. The van der Waals surface area contributed by atoms with Crippen LogP contribution in [0.1, 0.15) is 41.7 Å². The minimum atomic E-state index is -0.947. The molecule has 0 fully saturated rings. The summed E-state index contributed by atoms with van der Waals surface area (Å²) in [7, 11) is 0. The molecular formula is C30H31N3O4. The van der Waals surface area contributed by atoms with E-state index in [0.29, 0.717) is 11.5 Å². The summed E-state index contributed by atoms with van der Waals surface area (Å²) >= 11 is 0. The van der Waals surface area contributed by atoms with Crippen molar-refractivity contribution in [2.45, 2.75) is 39.4 Å². The normalized spacial score (nSPS) is 14.0. The van der Waals surface area contributed by atoms with Crippen molar-refractivity contribution in [2.24, 2.45) is 11.1 Å². The largest absolute Gasteiger partial charge is 0.481 e. The first-order valence-electron chi connectivity index (χ1n) is 12.1. The minimum Gasteiger partial charge on any atom is -0.481 e. The lowest BCUT2D eigenvalue weighted by Gasteiger charge is -2.31. The Morgan fingerprint density at radius 2 is 1.78 bits per heavy atom. The smallest absolute Gasteiger partial charge is 0.312 e. The first-order chi connectivity index (χ1) is 17.8. The van der Waals surface area contributed by atoms with Gasteiger partial charge >= 0.3 is 5.97 Å². The number of nitrogens with one attached hydrogen (secondary N) is 1. The van der Waals surface area contributed by atoms with Crippen LogP contribution in [0.2, 0.25) is 0 Å². The van der Waals surface area contributed by atoms with E-state index in [-0.39, 0.29) is 13.0 Å². The van der Waals surface area contributed by atoms with E-state index in [9.17, 15) is 9.90 Å². The van der Waals surface area contributed by atoms with E-state index in [2.05, 4.69) is 21.4 Å². The second kappa shape index (κ2) is 11.6. The third-order valence-electron chi connectivity index (χ3n) is 6.39. The number of carboxylic acids is 1. The molecule has 0 radical (unpaired) electrons. The van der Waals surface area contributed by atoms with Crippen LogP contribution in [0, 0.1) is 12.8 Å². The lowest BCUT2D eigenvalue weighted by molar-refractivity contribution is -0.139. The molecule has 2 unspecified atom stereocenters. The molecular weight excluding hydrogens is 466 g/mol. The second-order valence-corrected chi connectivity index (χ2v) is 9.22. The Kier molecular flexibility index (Phi) is 8.03. The number of nitrogens with zero attached hydrogens (tertiary/aromatic N) is 2. The maximum absolute atomic E-state index is 12.0. The summed E-state index contributed by atoms with van der Waals surface area (Å²) in [6, 6.07) is 25.3. The van der Waals surface area contributed by atoms with Crippen LogP contribution >= 0.6 is 0 Å². The highest BCUT2D eigenvalue weighted by atomic mass is 16.6. The molecule has 0 aliphatic carbocycles. The van der Waals surface area contributed by atoms with Crippen molar-refractivity contribution in [3.05, 3.63) is 119 Å². The van der Waals surface area contributed by atoms with E-state index < -0.39 is 17.5 Å². The number of aryl methyl sites for hydroxylation is 1. The molecule has 4 rings (SSSR count). The quantitative estimate of drug-likeness (QED) is 0.199. The number of carbonyl (C=O) groups is 1. The second-order valence-electron chi connectivity index (χ2n) is 9.22. The van der Waals surface area contributed by atoms with Gasteiger partial charge in [-0.05, 0) is 50.5 Å². The maximum Gasteiger partial charge on any atom is 0.312 e. The molecule has 0 aliphatic rings. The molecule has 1 aromatic heterocycles. The molecule has 190 valence electrons. The molecule has 3 aromatic carbocycles. The average Bonchev–Trinajstić information content (AvgIpc) is 3.44. The number of aromatic nitrogens is 2. The van der Waals surface area contributed by atoms with Crippen molar-refractivity contribution < 1.29 is 19.5 Å². The van der Waals surface area contributed by atoms with Crippen LogP contribution in [0.5, 0.6) is 5.75 Å². The van der Waals surface area contributed by atoms with E-state index in [1.807, 2.05) is 92.8 Å². The predicted molar refractivity (Wildman–Crippen MR) is 142 cm³/mol. The van der Waals surface area contributed by atoms with Crippen molar-refractivity contribution in [3.8, 4) is 5.75 Å². The van der Waals surface area contributed by atoms with Gasteiger partial charge in [0.05, 0.1) is 11.9 Å². The maximum atomic E-state index is 12.0. The molecule has 1 heterocycles. The number of oxime groups is 1. The van der Waals surface area contributed by atoms with Crippen molar-refractivity contribution >= 4 is 11.7 Å². The van der Waals surface area contributed by atoms with Crippen LogP contribution in [-0.2, 0) is 28.3 Å². The summed E-state index contributed by atoms with van der Waals surface area (Å²) in [5.74, 6) is -1.08. The fourth-order valence-corrected chi connectivity index (χ4v) is 4.16. The Morgan fingerprint density at radius 3 is 2.43 bits per heavy atom. The van der Waals surface area contributed by atoms with E-state index in [1.54, 1.807) is 13.1 Å². The number of benzene rings is 3. The number of hydrogen-bond donors (Lipinski definition) is 2. The van der Waals surface area contributed by atoms with Crippen LogP contribution in [0.25, 0.3) is 0 Å². The van der Waals surface area contributed by atoms with Crippen LogP contribution in [0.4, 0.5) is 0 Å². The predicted octanol–water partition coefficient (Wildman–Crippen LogP) is 5.90. The van der Waals surface area contributed by atoms with Gasteiger partial charge in [-0.1, -0.05) is 77.4 Å². The highest BCUT2D eigenvalue weighted by Gasteiger charge is 2.32. The molecule has 0 bridgehead atoms. The highest BCUT2D eigenvalue weighted by molar-refractivity contribution is 6.00. The summed E-state index contributed by atoms with van der Waals surface area (Å²) in [5, 5.41) is 20.9. The Balaban J connectivity index is 1.47. The molecule has 2 atom stereocenters. The van der Waals surface area contributed by atoms with E-state index in [1.165, 1.54) is 0 Å². The zero-order valence-corrected chi connectivity index (χ0v) is 21.2. The van der Waals surface area contributed by atoms with Gasteiger partial charge in [0.2, 0.25) is 0 Å². The SMILES string of the molecule is CC(=NOCc1ccccc1)C(Cc1ccc(OC(C)(c2cn[nH]c2)c2cccc(C)c2)cc1)C(=O)O. The van der Waals surface area contributed by atoms with Crippen LogP contribution in [0.15, 0.2) is 96.4 Å². The molecule has 0 saturated heterocycles. The number of aliphatic carboxylic acids is 1. The van der Waals surface area contributed by atoms with Crippen molar-refractivity contribution in [2.75, 3.05) is 0 Å². The van der Waals surface area contributed by atoms with Gasteiger partial charge in [0.15, 0.2) is 5.60 Å². The lowest BCUT2D eigenvalue weighted by atomic mass is 9.89. The molecule has 0 aliphatic heterocycles. The number of rotatable bonds is 11. The lowest BCUT2D eigenvalue weighted by Crippen LogP contribution is -2.30. The number of ether oxygens (including phenoxy) is 1. The van der Waals surface area contributed by atoms with Crippen molar-refractivity contribution in [1.29, 1.82) is 0 Å². The fourth-order valence-electron chi connectivity index (χ4n) is 4.16. The van der Waals surface area contributed by atoms with E-state index in [4.69, 9.17) is 9.57 Å². The van der Waals surface area contributed by atoms with Gasteiger partial charge in [-0.2, -0.15) is 5.10 Å².